The van der Waals surface area contributed by atoms with Gasteiger partial charge in [-0.15, -0.1) is 11.3 Å². The number of anilines is 1. The molecule has 2 bridgehead atoms. The number of aliphatic carboxylic acids is 1. The van der Waals surface area contributed by atoms with Gasteiger partial charge in [0, 0.05) is 4.88 Å². The van der Waals surface area contributed by atoms with E-state index < -0.39 is 23.8 Å². The molecular weight excluding hydrogens is 390 g/mol. The van der Waals surface area contributed by atoms with Crippen LogP contribution in [0.3, 0.4) is 0 Å². The van der Waals surface area contributed by atoms with Gasteiger partial charge in [-0.2, -0.15) is 0 Å². The molecule has 1 aromatic heterocycles. The first-order valence-corrected chi connectivity index (χ1v) is 11.3. The molecule has 1 saturated carbocycles. The van der Waals surface area contributed by atoms with Crippen LogP contribution in [0.25, 0.3) is 0 Å². The molecule has 3 aliphatic carbocycles. The number of carboxylic acid groups (broad SMARTS) is 1. The van der Waals surface area contributed by atoms with Crippen LogP contribution in [0.1, 0.15) is 60.3 Å². The van der Waals surface area contributed by atoms with Crippen LogP contribution in [-0.2, 0) is 27.2 Å². The summed E-state index contributed by atoms with van der Waals surface area (Å²) in [6, 6.07) is 0. The fourth-order valence-electron chi connectivity index (χ4n) is 5.03. The number of hydrogen-bond donors (Lipinski definition) is 2. The second-order valence-electron chi connectivity index (χ2n) is 8.55. The molecule has 4 atom stereocenters. The Bertz CT molecular complexity index is 871. The molecule has 4 unspecified atom stereocenters. The van der Waals surface area contributed by atoms with Gasteiger partial charge in [0.2, 0.25) is 5.91 Å². The van der Waals surface area contributed by atoms with Crippen molar-refractivity contribution in [3.63, 3.8) is 0 Å². The molecule has 1 fully saturated rings. The van der Waals surface area contributed by atoms with Gasteiger partial charge in [0.1, 0.15) is 5.00 Å². The Hall–Kier alpha value is -2.15. The van der Waals surface area contributed by atoms with Gasteiger partial charge in [-0.1, -0.05) is 18.6 Å². The SMILES string of the molecule is CC(C)OC(=O)c1c(NC(=O)C2C3C=CC(C3)C2C(=O)O)sc2c1CCCCC2. The smallest absolute Gasteiger partial charge is 0.341 e. The number of amides is 1. The summed E-state index contributed by atoms with van der Waals surface area (Å²) in [6.07, 6.45) is 9.25. The lowest BCUT2D eigenvalue weighted by Crippen LogP contribution is -2.36. The number of esters is 1. The molecule has 0 spiro atoms. The number of rotatable bonds is 5. The van der Waals surface area contributed by atoms with Crippen molar-refractivity contribution in [2.75, 3.05) is 5.32 Å². The molecule has 6 nitrogen and oxygen atoms in total. The minimum Gasteiger partial charge on any atom is -0.481 e. The van der Waals surface area contributed by atoms with Crippen LogP contribution < -0.4 is 5.32 Å². The third-order valence-electron chi connectivity index (χ3n) is 6.25. The molecule has 3 aliphatic rings. The summed E-state index contributed by atoms with van der Waals surface area (Å²) in [5.74, 6) is -3.07. The first-order chi connectivity index (χ1) is 13.9. The molecule has 1 aromatic rings. The fourth-order valence-corrected chi connectivity index (χ4v) is 6.31. The van der Waals surface area contributed by atoms with Gasteiger partial charge in [0.25, 0.3) is 0 Å². The summed E-state index contributed by atoms with van der Waals surface area (Å²) in [5.41, 5.74) is 1.47. The van der Waals surface area contributed by atoms with Gasteiger partial charge in [0.05, 0.1) is 23.5 Å². The molecule has 7 heteroatoms. The van der Waals surface area contributed by atoms with Gasteiger partial charge in [-0.05, 0) is 63.4 Å². The Kier molecular flexibility index (Phi) is 5.51. The van der Waals surface area contributed by atoms with E-state index >= 15 is 0 Å². The van der Waals surface area contributed by atoms with Crippen molar-refractivity contribution in [3.05, 3.63) is 28.2 Å². The number of thiophene rings is 1. The second-order valence-corrected chi connectivity index (χ2v) is 9.66. The van der Waals surface area contributed by atoms with E-state index in [1.165, 1.54) is 11.3 Å². The number of aryl methyl sites for hydroxylation is 1. The topological polar surface area (TPSA) is 92.7 Å². The molecule has 0 aromatic carbocycles. The third-order valence-corrected chi connectivity index (χ3v) is 7.46. The summed E-state index contributed by atoms with van der Waals surface area (Å²) in [5, 5.41) is 13.1. The van der Waals surface area contributed by atoms with Crippen molar-refractivity contribution in [1.82, 2.24) is 0 Å². The average Bonchev–Trinajstić information content (AvgIpc) is 3.30. The van der Waals surface area contributed by atoms with Crippen molar-refractivity contribution >= 4 is 34.2 Å². The van der Waals surface area contributed by atoms with Crippen molar-refractivity contribution in [2.24, 2.45) is 23.7 Å². The molecule has 4 rings (SSSR count). The molecule has 1 amide bonds. The summed E-state index contributed by atoms with van der Waals surface area (Å²) in [4.78, 5) is 38.9. The van der Waals surface area contributed by atoms with Crippen LogP contribution in [0.4, 0.5) is 5.00 Å². The van der Waals surface area contributed by atoms with Crippen LogP contribution in [0, 0.1) is 23.7 Å². The van der Waals surface area contributed by atoms with Crippen LogP contribution in [-0.4, -0.2) is 29.1 Å². The van der Waals surface area contributed by atoms with Crippen molar-refractivity contribution in [3.8, 4) is 0 Å². The van der Waals surface area contributed by atoms with E-state index in [-0.39, 0.29) is 23.8 Å². The number of nitrogens with one attached hydrogen (secondary N) is 1. The largest absolute Gasteiger partial charge is 0.481 e. The number of fused-ring (bicyclic) bond motifs is 3. The minimum absolute atomic E-state index is 0.0510. The first-order valence-electron chi connectivity index (χ1n) is 10.4. The molecule has 29 heavy (non-hydrogen) atoms. The van der Waals surface area contributed by atoms with Crippen molar-refractivity contribution in [2.45, 2.75) is 58.5 Å². The van der Waals surface area contributed by atoms with E-state index in [4.69, 9.17) is 4.74 Å². The Balaban J connectivity index is 1.64. The molecule has 0 aliphatic heterocycles. The number of carbonyl (C=O) groups is 3. The highest BCUT2D eigenvalue weighted by atomic mass is 32.1. The van der Waals surface area contributed by atoms with Gasteiger partial charge in [0.15, 0.2) is 0 Å². The van der Waals surface area contributed by atoms with Gasteiger partial charge >= 0.3 is 11.9 Å². The van der Waals surface area contributed by atoms with Crippen molar-refractivity contribution < 1.29 is 24.2 Å². The summed E-state index contributed by atoms with van der Waals surface area (Å²) in [7, 11) is 0. The number of hydrogen-bond acceptors (Lipinski definition) is 5. The zero-order valence-electron chi connectivity index (χ0n) is 16.8. The Morgan fingerprint density at radius 3 is 2.48 bits per heavy atom. The Morgan fingerprint density at radius 1 is 1.10 bits per heavy atom. The predicted molar refractivity (Wildman–Crippen MR) is 110 cm³/mol. The van der Waals surface area contributed by atoms with Gasteiger partial charge < -0.3 is 15.2 Å². The third kappa shape index (κ3) is 3.72. The fraction of sp³-hybridized carbons (Fsp3) is 0.591. The zero-order chi connectivity index (χ0) is 20.7. The molecule has 2 N–H and O–H groups in total. The zero-order valence-corrected chi connectivity index (χ0v) is 17.6. The number of carboxylic acids is 1. The van der Waals surface area contributed by atoms with Crippen molar-refractivity contribution in [1.29, 1.82) is 0 Å². The molecule has 156 valence electrons. The van der Waals surface area contributed by atoms with Gasteiger partial charge in [-0.25, -0.2) is 4.79 Å². The van der Waals surface area contributed by atoms with E-state index in [0.29, 0.717) is 17.0 Å². The van der Waals surface area contributed by atoms with E-state index in [1.807, 2.05) is 12.2 Å². The standard InChI is InChI=1S/C22H27NO5S/c1-11(2)28-22(27)18-14-6-4-3-5-7-15(14)29-20(18)23-19(24)16-12-8-9-13(10-12)17(16)21(25)26/h8-9,11-13,16-17H,3-7,10H2,1-2H3,(H,23,24)(H,25,26). The monoisotopic (exact) mass is 417 g/mol. The number of allylic oxidation sites excluding steroid dienone is 2. The number of ether oxygens (including phenoxy) is 1. The number of carbonyl (C=O) groups excluding carboxylic acids is 2. The highest BCUT2D eigenvalue weighted by Gasteiger charge is 2.51. The molecular formula is C22H27NO5S. The van der Waals surface area contributed by atoms with E-state index in [0.717, 1.165) is 42.5 Å². The normalized spacial score (nSPS) is 27.6. The average molecular weight is 418 g/mol. The maximum absolute atomic E-state index is 13.1. The summed E-state index contributed by atoms with van der Waals surface area (Å²) < 4.78 is 5.47. The van der Waals surface area contributed by atoms with E-state index in [2.05, 4.69) is 5.32 Å². The second kappa shape index (κ2) is 7.94. The lowest BCUT2D eigenvalue weighted by atomic mass is 9.82. The maximum Gasteiger partial charge on any atom is 0.341 e. The highest BCUT2D eigenvalue weighted by Crippen LogP contribution is 2.49. The lowest BCUT2D eigenvalue weighted by molar-refractivity contribution is -0.146. The first kappa shape index (κ1) is 20.1. The molecule has 0 saturated heterocycles. The maximum atomic E-state index is 13.1. The summed E-state index contributed by atoms with van der Waals surface area (Å²) in [6.45, 7) is 3.61. The Morgan fingerprint density at radius 2 is 1.79 bits per heavy atom. The molecule has 0 radical (unpaired) electrons. The summed E-state index contributed by atoms with van der Waals surface area (Å²) >= 11 is 1.45. The highest BCUT2D eigenvalue weighted by molar-refractivity contribution is 7.17. The van der Waals surface area contributed by atoms with Crippen LogP contribution in [0.2, 0.25) is 0 Å². The molecule has 1 heterocycles. The van der Waals surface area contributed by atoms with Crippen LogP contribution >= 0.6 is 11.3 Å². The van der Waals surface area contributed by atoms with Gasteiger partial charge in [-0.3, -0.25) is 9.59 Å². The Labute approximate surface area is 174 Å². The van der Waals surface area contributed by atoms with E-state index in [9.17, 15) is 19.5 Å². The van der Waals surface area contributed by atoms with Crippen LogP contribution in [0.5, 0.6) is 0 Å². The lowest BCUT2D eigenvalue weighted by Gasteiger charge is -2.23. The predicted octanol–water partition coefficient (Wildman–Crippen LogP) is 4.04. The van der Waals surface area contributed by atoms with Crippen LogP contribution in [0.15, 0.2) is 12.2 Å². The van der Waals surface area contributed by atoms with E-state index in [1.54, 1.807) is 13.8 Å². The quantitative estimate of drug-likeness (QED) is 0.428. The minimum atomic E-state index is -0.927.